The van der Waals surface area contributed by atoms with Crippen LogP contribution in [0.3, 0.4) is 0 Å². The number of piperazine rings is 1. The predicted octanol–water partition coefficient (Wildman–Crippen LogP) is 1.85. The number of hydrogen-bond acceptors (Lipinski definition) is 4. The van der Waals surface area contributed by atoms with Gasteiger partial charge in [0.1, 0.15) is 0 Å². The van der Waals surface area contributed by atoms with Crippen molar-refractivity contribution in [3.8, 4) is 0 Å². The predicted molar refractivity (Wildman–Crippen MR) is 90.5 cm³/mol. The fourth-order valence-electron chi connectivity index (χ4n) is 3.07. The van der Waals surface area contributed by atoms with Gasteiger partial charge in [0.15, 0.2) is 0 Å². The maximum Gasteiger partial charge on any atom is 0.262 e. The van der Waals surface area contributed by atoms with Gasteiger partial charge in [-0.1, -0.05) is 12.1 Å². The molecule has 1 aromatic carbocycles. The van der Waals surface area contributed by atoms with Gasteiger partial charge in [0.2, 0.25) is 5.95 Å². The summed E-state index contributed by atoms with van der Waals surface area (Å²) in [6.45, 7) is 10.5. The molecular formula is C17H24N4O. The van der Waals surface area contributed by atoms with Crippen molar-refractivity contribution in [3.63, 3.8) is 0 Å². The van der Waals surface area contributed by atoms with E-state index in [-0.39, 0.29) is 11.1 Å². The van der Waals surface area contributed by atoms with Crippen LogP contribution in [-0.4, -0.2) is 46.2 Å². The van der Waals surface area contributed by atoms with E-state index in [0.29, 0.717) is 5.39 Å². The van der Waals surface area contributed by atoms with Gasteiger partial charge in [0, 0.05) is 38.8 Å². The van der Waals surface area contributed by atoms with Crippen LogP contribution in [0.4, 0.5) is 5.95 Å². The summed E-state index contributed by atoms with van der Waals surface area (Å²) < 4.78 is 1.68. The molecule has 1 saturated heterocycles. The minimum Gasteiger partial charge on any atom is -0.340 e. The Hall–Kier alpha value is -1.88. The van der Waals surface area contributed by atoms with Crippen molar-refractivity contribution in [2.45, 2.75) is 26.3 Å². The highest BCUT2D eigenvalue weighted by atomic mass is 16.1. The third kappa shape index (κ3) is 2.61. The van der Waals surface area contributed by atoms with Crippen molar-refractivity contribution < 1.29 is 0 Å². The highest BCUT2D eigenvalue weighted by Gasteiger charge is 2.27. The standard InChI is InChI=1S/C17H24N4O/c1-17(2,3)21-11-9-20(10-12-21)16-18-14-8-6-5-7-13(14)15(22)19(16)4/h5-8H,9-12H2,1-4H3. The first kappa shape index (κ1) is 15.0. The van der Waals surface area contributed by atoms with Gasteiger partial charge in [-0.15, -0.1) is 0 Å². The van der Waals surface area contributed by atoms with E-state index in [2.05, 4.69) is 30.6 Å². The minimum absolute atomic E-state index is 0.0267. The second-order valence-electron chi connectivity index (χ2n) is 6.94. The Morgan fingerprint density at radius 2 is 1.68 bits per heavy atom. The number of nitrogens with zero attached hydrogens (tertiary/aromatic N) is 4. The Morgan fingerprint density at radius 1 is 1.05 bits per heavy atom. The van der Waals surface area contributed by atoms with E-state index in [1.54, 1.807) is 4.57 Å². The van der Waals surface area contributed by atoms with Crippen LogP contribution in [0.15, 0.2) is 29.1 Å². The summed E-state index contributed by atoms with van der Waals surface area (Å²) >= 11 is 0. The third-order valence-corrected chi connectivity index (χ3v) is 4.47. The maximum atomic E-state index is 12.5. The number of rotatable bonds is 1. The molecule has 1 fully saturated rings. The number of para-hydroxylation sites is 1. The molecule has 2 heterocycles. The van der Waals surface area contributed by atoms with Gasteiger partial charge in [0.05, 0.1) is 10.9 Å². The minimum atomic E-state index is 0.0267. The largest absolute Gasteiger partial charge is 0.340 e. The van der Waals surface area contributed by atoms with E-state index >= 15 is 0 Å². The molecule has 0 bridgehead atoms. The van der Waals surface area contributed by atoms with E-state index < -0.39 is 0 Å². The molecule has 2 aromatic rings. The molecule has 1 aliphatic heterocycles. The van der Waals surface area contributed by atoms with Crippen molar-refractivity contribution in [2.24, 2.45) is 7.05 Å². The van der Waals surface area contributed by atoms with Gasteiger partial charge < -0.3 is 4.90 Å². The lowest BCUT2D eigenvalue weighted by atomic mass is 10.1. The number of hydrogen-bond donors (Lipinski definition) is 0. The van der Waals surface area contributed by atoms with Gasteiger partial charge in [-0.2, -0.15) is 0 Å². The molecule has 0 atom stereocenters. The van der Waals surface area contributed by atoms with E-state index in [1.807, 2.05) is 31.3 Å². The van der Waals surface area contributed by atoms with Crippen molar-refractivity contribution in [1.82, 2.24) is 14.5 Å². The fourth-order valence-corrected chi connectivity index (χ4v) is 3.07. The highest BCUT2D eigenvalue weighted by Crippen LogP contribution is 2.20. The summed E-state index contributed by atoms with van der Waals surface area (Å²) in [4.78, 5) is 21.9. The van der Waals surface area contributed by atoms with Crippen LogP contribution < -0.4 is 10.5 Å². The second-order valence-corrected chi connectivity index (χ2v) is 6.94. The van der Waals surface area contributed by atoms with Gasteiger partial charge in [-0.05, 0) is 32.9 Å². The van der Waals surface area contributed by atoms with Crippen LogP contribution in [0.2, 0.25) is 0 Å². The molecule has 0 aliphatic carbocycles. The summed E-state index contributed by atoms with van der Waals surface area (Å²) in [5.74, 6) is 0.775. The second kappa shape index (κ2) is 5.39. The molecule has 5 nitrogen and oxygen atoms in total. The smallest absolute Gasteiger partial charge is 0.262 e. The van der Waals surface area contributed by atoms with Crippen molar-refractivity contribution in [3.05, 3.63) is 34.6 Å². The normalized spacial score (nSPS) is 17.2. The molecule has 22 heavy (non-hydrogen) atoms. The average Bonchev–Trinajstić information content (AvgIpc) is 2.50. The zero-order valence-electron chi connectivity index (χ0n) is 13.8. The van der Waals surface area contributed by atoms with Crippen LogP contribution in [0.5, 0.6) is 0 Å². The third-order valence-electron chi connectivity index (χ3n) is 4.47. The Balaban J connectivity index is 1.92. The van der Waals surface area contributed by atoms with E-state index in [0.717, 1.165) is 37.6 Å². The first-order chi connectivity index (χ1) is 10.4. The molecule has 0 radical (unpaired) electrons. The zero-order valence-corrected chi connectivity index (χ0v) is 13.8. The van der Waals surface area contributed by atoms with Gasteiger partial charge in [0.25, 0.3) is 5.56 Å². The molecule has 1 aromatic heterocycles. The van der Waals surface area contributed by atoms with Crippen molar-refractivity contribution >= 4 is 16.9 Å². The lowest BCUT2D eigenvalue weighted by molar-refractivity contribution is 0.128. The molecule has 0 N–H and O–H groups in total. The van der Waals surface area contributed by atoms with E-state index in [9.17, 15) is 4.79 Å². The zero-order chi connectivity index (χ0) is 15.9. The lowest BCUT2D eigenvalue weighted by Gasteiger charge is -2.42. The number of aromatic nitrogens is 2. The summed E-state index contributed by atoms with van der Waals surface area (Å²) in [5.41, 5.74) is 0.993. The molecule has 0 amide bonds. The van der Waals surface area contributed by atoms with Crippen molar-refractivity contribution in [2.75, 3.05) is 31.1 Å². The summed E-state index contributed by atoms with van der Waals surface area (Å²) in [7, 11) is 1.81. The van der Waals surface area contributed by atoms with Crippen LogP contribution in [0.25, 0.3) is 10.9 Å². The lowest BCUT2D eigenvalue weighted by Crippen LogP contribution is -2.54. The molecular weight excluding hydrogens is 276 g/mol. The Morgan fingerprint density at radius 3 is 2.32 bits per heavy atom. The average molecular weight is 300 g/mol. The van der Waals surface area contributed by atoms with Crippen LogP contribution in [0.1, 0.15) is 20.8 Å². The quantitative estimate of drug-likeness (QED) is 0.806. The first-order valence-corrected chi connectivity index (χ1v) is 7.84. The molecule has 5 heteroatoms. The molecule has 118 valence electrons. The Kier molecular flexibility index (Phi) is 3.68. The topological polar surface area (TPSA) is 41.4 Å². The number of fused-ring (bicyclic) bond motifs is 1. The number of benzene rings is 1. The Bertz CT molecular complexity index is 736. The monoisotopic (exact) mass is 300 g/mol. The first-order valence-electron chi connectivity index (χ1n) is 7.84. The highest BCUT2D eigenvalue weighted by molar-refractivity contribution is 5.78. The van der Waals surface area contributed by atoms with Crippen LogP contribution >= 0.6 is 0 Å². The fraction of sp³-hybridized carbons (Fsp3) is 0.529. The van der Waals surface area contributed by atoms with Gasteiger partial charge >= 0.3 is 0 Å². The maximum absolute atomic E-state index is 12.5. The van der Waals surface area contributed by atoms with Crippen LogP contribution in [0, 0.1) is 0 Å². The molecule has 1 aliphatic rings. The summed E-state index contributed by atoms with van der Waals surface area (Å²) in [6, 6.07) is 7.56. The molecule has 0 spiro atoms. The Labute approximate surface area is 131 Å². The molecule has 3 rings (SSSR count). The van der Waals surface area contributed by atoms with Crippen LogP contribution in [-0.2, 0) is 7.05 Å². The number of anilines is 1. The SMILES string of the molecule is Cn1c(N2CCN(C(C)(C)C)CC2)nc2ccccc2c1=O. The van der Waals surface area contributed by atoms with Crippen molar-refractivity contribution in [1.29, 1.82) is 0 Å². The van der Waals surface area contributed by atoms with E-state index in [1.165, 1.54) is 0 Å². The molecule has 0 saturated carbocycles. The van der Waals surface area contributed by atoms with Gasteiger partial charge in [-0.3, -0.25) is 14.3 Å². The van der Waals surface area contributed by atoms with Gasteiger partial charge in [-0.25, -0.2) is 4.98 Å². The molecule has 0 unspecified atom stereocenters. The summed E-state index contributed by atoms with van der Waals surface area (Å²) in [6.07, 6.45) is 0. The summed E-state index contributed by atoms with van der Waals surface area (Å²) in [5, 5.41) is 0.682. The van der Waals surface area contributed by atoms with E-state index in [4.69, 9.17) is 4.98 Å².